The SMILES string of the molecule is COC(=O)[C@@H](Cc1ccccc1)NC(=O)COC(=O)c1ccc(F)cc1F. The Kier molecular flexibility index (Phi) is 6.99. The second-order valence-corrected chi connectivity index (χ2v) is 5.53. The number of esters is 2. The molecule has 8 heteroatoms. The van der Waals surface area contributed by atoms with Crippen molar-refractivity contribution in [1.82, 2.24) is 5.32 Å². The number of ether oxygens (including phenoxy) is 2. The molecule has 2 aromatic rings. The Balaban J connectivity index is 1.94. The number of rotatable bonds is 7. The third-order valence-corrected chi connectivity index (χ3v) is 3.59. The number of nitrogens with one attached hydrogen (secondary N) is 1. The maximum Gasteiger partial charge on any atom is 0.341 e. The molecule has 0 unspecified atom stereocenters. The van der Waals surface area contributed by atoms with Gasteiger partial charge in [-0.05, 0) is 17.7 Å². The fraction of sp³-hybridized carbons (Fsp3) is 0.211. The third-order valence-electron chi connectivity index (χ3n) is 3.59. The Bertz CT molecular complexity index is 826. The highest BCUT2D eigenvalue weighted by Crippen LogP contribution is 2.11. The molecule has 0 heterocycles. The van der Waals surface area contributed by atoms with Crippen molar-refractivity contribution in [3.63, 3.8) is 0 Å². The summed E-state index contributed by atoms with van der Waals surface area (Å²) in [5, 5.41) is 2.40. The van der Waals surface area contributed by atoms with Gasteiger partial charge in [-0.1, -0.05) is 30.3 Å². The largest absolute Gasteiger partial charge is 0.467 e. The normalized spacial score (nSPS) is 11.4. The van der Waals surface area contributed by atoms with E-state index < -0.39 is 47.7 Å². The van der Waals surface area contributed by atoms with Crippen molar-refractivity contribution in [3.8, 4) is 0 Å². The van der Waals surface area contributed by atoms with Crippen LogP contribution in [0.5, 0.6) is 0 Å². The zero-order chi connectivity index (χ0) is 19.8. The number of hydrogen-bond acceptors (Lipinski definition) is 5. The Hall–Kier alpha value is -3.29. The van der Waals surface area contributed by atoms with Crippen molar-refractivity contribution in [3.05, 3.63) is 71.3 Å². The van der Waals surface area contributed by atoms with Gasteiger partial charge in [-0.25, -0.2) is 18.4 Å². The summed E-state index contributed by atoms with van der Waals surface area (Å²) in [6, 6.07) is 10.3. The van der Waals surface area contributed by atoms with Crippen LogP contribution in [0, 0.1) is 11.6 Å². The van der Waals surface area contributed by atoms with Crippen molar-refractivity contribution in [2.24, 2.45) is 0 Å². The molecule has 0 spiro atoms. The van der Waals surface area contributed by atoms with Crippen LogP contribution in [0.15, 0.2) is 48.5 Å². The molecule has 0 saturated heterocycles. The topological polar surface area (TPSA) is 81.7 Å². The number of benzene rings is 2. The summed E-state index contributed by atoms with van der Waals surface area (Å²) in [4.78, 5) is 35.6. The average Bonchev–Trinajstić information content (AvgIpc) is 2.65. The van der Waals surface area contributed by atoms with Crippen molar-refractivity contribution in [2.45, 2.75) is 12.5 Å². The molecule has 0 radical (unpaired) electrons. The van der Waals surface area contributed by atoms with Gasteiger partial charge < -0.3 is 14.8 Å². The third kappa shape index (κ3) is 5.88. The fourth-order valence-electron chi connectivity index (χ4n) is 2.29. The number of amides is 1. The van der Waals surface area contributed by atoms with Gasteiger partial charge in [0.15, 0.2) is 6.61 Å². The summed E-state index contributed by atoms with van der Waals surface area (Å²) in [6.07, 6.45) is 0.180. The van der Waals surface area contributed by atoms with Crippen LogP contribution in [0.4, 0.5) is 8.78 Å². The number of halogens is 2. The van der Waals surface area contributed by atoms with E-state index in [-0.39, 0.29) is 6.42 Å². The van der Waals surface area contributed by atoms with Gasteiger partial charge >= 0.3 is 11.9 Å². The molecule has 1 N–H and O–H groups in total. The van der Waals surface area contributed by atoms with Gasteiger partial charge in [0.1, 0.15) is 17.7 Å². The predicted molar refractivity (Wildman–Crippen MR) is 90.7 cm³/mol. The Morgan fingerprint density at radius 1 is 1.07 bits per heavy atom. The van der Waals surface area contributed by atoms with E-state index in [9.17, 15) is 23.2 Å². The minimum absolute atomic E-state index is 0.180. The van der Waals surface area contributed by atoms with Crippen LogP contribution in [0.3, 0.4) is 0 Å². The van der Waals surface area contributed by atoms with Crippen LogP contribution in [-0.4, -0.2) is 37.6 Å². The van der Waals surface area contributed by atoms with E-state index in [4.69, 9.17) is 4.74 Å². The van der Waals surface area contributed by atoms with Gasteiger partial charge in [0.25, 0.3) is 5.91 Å². The molecule has 0 saturated carbocycles. The van der Waals surface area contributed by atoms with E-state index in [0.717, 1.165) is 17.7 Å². The quantitative estimate of drug-likeness (QED) is 0.747. The highest BCUT2D eigenvalue weighted by Gasteiger charge is 2.23. The highest BCUT2D eigenvalue weighted by atomic mass is 19.1. The summed E-state index contributed by atoms with van der Waals surface area (Å²) in [6.45, 7) is -0.738. The van der Waals surface area contributed by atoms with Crippen LogP contribution in [0.1, 0.15) is 15.9 Å². The Labute approximate surface area is 154 Å². The van der Waals surface area contributed by atoms with E-state index in [0.29, 0.717) is 6.07 Å². The van der Waals surface area contributed by atoms with Crippen molar-refractivity contribution in [2.75, 3.05) is 13.7 Å². The maximum atomic E-state index is 13.5. The van der Waals surface area contributed by atoms with Crippen LogP contribution in [-0.2, 0) is 25.5 Å². The second kappa shape index (κ2) is 9.42. The van der Waals surface area contributed by atoms with E-state index in [1.165, 1.54) is 7.11 Å². The predicted octanol–water partition coefficient (Wildman–Crippen LogP) is 2.02. The maximum absolute atomic E-state index is 13.5. The van der Waals surface area contributed by atoms with E-state index >= 15 is 0 Å². The summed E-state index contributed by atoms with van der Waals surface area (Å²) in [7, 11) is 1.18. The van der Waals surface area contributed by atoms with Gasteiger partial charge in [-0.2, -0.15) is 0 Å². The molecule has 2 rings (SSSR count). The molecule has 27 heavy (non-hydrogen) atoms. The Morgan fingerprint density at radius 3 is 2.41 bits per heavy atom. The first kappa shape index (κ1) is 20.0. The fourth-order valence-corrected chi connectivity index (χ4v) is 2.29. The van der Waals surface area contributed by atoms with E-state index in [1.807, 2.05) is 6.07 Å². The molecule has 1 atom stereocenters. The number of methoxy groups -OCH3 is 1. The van der Waals surface area contributed by atoms with Gasteiger partial charge in [-0.3, -0.25) is 4.79 Å². The summed E-state index contributed by atoms with van der Waals surface area (Å²) in [5.74, 6) is -4.50. The number of carbonyl (C=O) groups excluding carboxylic acids is 3. The van der Waals surface area contributed by atoms with Gasteiger partial charge in [0.2, 0.25) is 0 Å². The van der Waals surface area contributed by atoms with Crippen LogP contribution < -0.4 is 5.32 Å². The van der Waals surface area contributed by atoms with Crippen LogP contribution in [0.2, 0.25) is 0 Å². The molecule has 0 aliphatic carbocycles. The van der Waals surface area contributed by atoms with Crippen LogP contribution in [0.25, 0.3) is 0 Å². The molecular formula is C19H17F2NO5. The molecular weight excluding hydrogens is 360 g/mol. The smallest absolute Gasteiger partial charge is 0.341 e. The average molecular weight is 377 g/mol. The van der Waals surface area contributed by atoms with Crippen LogP contribution >= 0.6 is 0 Å². The standard InChI is InChI=1S/C19H17F2NO5/c1-26-19(25)16(9-12-5-3-2-4-6-12)22-17(23)11-27-18(24)14-8-7-13(20)10-15(14)21/h2-8,10,16H,9,11H2,1H3,(H,22,23)/t16-/m1/s1. The molecule has 0 fully saturated rings. The molecule has 142 valence electrons. The first-order valence-corrected chi connectivity index (χ1v) is 7.94. The molecule has 0 aliphatic rings. The monoisotopic (exact) mass is 377 g/mol. The number of hydrogen-bond donors (Lipinski definition) is 1. The van der Waals surface area contributed by atoms with Gasteiger partial charge in [0, 0.05) is 12.5 Å². The van der Waals surface area contributed by atoms with Crippen molar-refractivity contribution in [1.29, 1.82) is 0 Å². The lowest BCUT2D eigenvalue weighted by Crippen LogP contribution is -2.44. The Morgan fingerprint density at radius 2 is 1.78 bits per heavy atom. The molecule has 0 bridgehead atoms. The molecule has 2 aromatic carbocycles. The zero-order valence-corrected chi connectivity index (χ0v) is 14.4. The molecule has 6 nitrogen and oxygen atoms in total. The lowest BCUT2D eigenvalue weighted by Gasteiger charge is -2.16. The zero-order valence-electron chi connectivity index (χ0n) is 14.4. The van der Waals surface area contributed by atoms with Gasteiger partial charge in [-0.15, -0.1) is 0 Å². The van der Waals surface area contributed by atoms with Gasteiger partial charge in [0.05, 0.1) is 12.7 Å². The molecule has 0 aromatic heterocycles. The van der Waals surface area contributed by atoms with E-state index in [2.05, 4.69) is 10.1 Å². The van der Waals surface area contributed by atoms with E-state index in [1.54, 1.807) is 24.3 Å². The van der Waals surface area contributed by atoms with Crippen molar-refractivity contribution < 1.29 is 32.6 Å². The first-order chi connectivity index (χ1) is 12.9. The lowest BCUT2D eigenvalue weighted by atomic mass is 10.1. The minimum Gasteiger partial charge on any atom is -0.467 e. The minimum atomic E-state index is -1.12. The number of carbonyl (C=O) groups is 3. The molecule has 1 amide bonds. The lowest BCUT2D eigenvalue weighted by molar-refractivity contribution is -0.145. The highest BCUT2D eigenvalue weighted by molar-refractivity contribution is 5.92. The molecule has 0 aliphatic heterocycles. The summed E-state index contributed by atoms with van der Waals surface area (Å²) < 4.78 is 35.8. The summed E-state index contributed by atoms with van der Waals surface area (Å²) >= 11 is 0. The first-order valence-electron chi connectivity index (χ1n) is 7.94. The second-order valence-electron chi connectivity index (χ2n) is 5.53. The summed E-state index contributed by atoms with van der Waals surface area (Å²) in [5.41, 5.74) is 0.289. The van der Waals surface area contributed by atoms with Crippen molar-refractivity contribution >= 4 is 17.8 Å².